The lowest BCUT2D eigenvalue weighted by Crippen LogP contribution is -2.38. The van der Waals surface area contributed by atoms with Crippen LogP contribution >= 0.6 is 11.6 Å². The van der Waals surface area contributed by atoms with Crippen molar-refractivity contribution in [1.82, 2.24) is 4.90 Å². The van der Waals surface area contributed by atoms with Crippen molar-refractivity contribution in [3.05, 3.63) is 58.4 Å². The highest BCUT2D eigenvalue weighted by Crippen LogP contribution is 2.42. The van der Waals surface area contributed by atoms with Gasteiger partial charge in [-0.1, -0.05) is 17.7 Å². The van der Waals surface area contributed by atoms with E-state index in [0.717, 1.165) is 30.6 Å². The third kappa shape index (κ3) is 3.80. The van der Waals surface area contributed by atoms with Crippen LogP contribution in [-0.4, -0.2) is 29.9 Å². The van der Waals surface area contributed by atoms with Gasteiger partial charge in [-0.15, -0.1) is 0 Å². The number of amides is 1. The van der Waals surface area contributed by atoms with E-state index in [2.05, 4.69) is 10.2 Å². The van der Waals surface area contributed by atoms with Gasteiger partial charge in [0.05, 0.1) is 6.04 Å². The Morgan fingerprint density at radius 2 is 2.04 bits per heavy atom. The van der Waals surface area contributed by atoms with Crippen LogP contribution in [0.2, 0.25) is 5.02 Å². The van der Waals surface area contributed by atoms with Crippen LogP contribution in [-0.2, 0) is 11.2 Å². The number of fused-ring (bicyclic) bond motifs is 1. The molecule has 1 aliphatic heterocycles. The number of nitrogens with zero attached hydrogens (tertiary/aromatic N) is 1. The van der Waals surface area contributed by atoms with E-state index < -0.39 is 0 Å². The molecule has 6 heteroatoms. The number of ether oxygens (including phenoxy) is 1. The zero-order valence-electron chi connectivity index (χ0n) is 15.2. The number of hydrogen-bond acceptors (Lipinski definition) is 3. The lowest BCUT2D eigenvalue weighted by molar-refractivity contribution is -0.114. The fourth-order valence-electron chi connectivity index (χ4n) is 4.15. The standard InChI is InChI=1S/C21H22ClFN2O2/c1-13(26)24-15-5-4-6-16(11-15)27-21-18-9-14(23)10-19(22)17(18)12-20(21)25-7-2-3-8-25/h4-6,9-11,20-21H,2-3,7-8,12H2,1H3,(H,24,26)/t20-,21-/m0/s1. The quantitative estimate of drug-likeness (QED) is 0.833. The Balaban J connectivity index is 1.67. The predicted molar refractivity (Wildman–Crippen MR) is 104 cm³/mol. The van der Waals surface area contributed by atoms with Crippen LogP contribution in [0.3, 0.4) is 0 Å². The first-order chi connectivity index (χ1) is 13.0. The van der Waals surface area contributed by atoms with Crippen molar-refractivity contribution in [2.75, 3.05) is 18.4 Å². The molecule has 1 amide bonds. The van der Waals surface area contributed by atoms with Crippen LogP contribution in [0.15, 0.2) is 36.4 Å². The molecule has 4 nitrogen and oxygen atoms in total. The van der Waals surface area contributed by atoms with Crippen LogP contribution in [0.4, 0.5) is 10.1 Å². The summed E-state index contributed by atoms with van der Waals surface area (Å²) in [5, 5.41) is 3.23. The summed E-state index contributed by atoms with van der Waals surface area (Å²) in [6, 6.07) is 10.3. The minimum absolute atomic E-state index is 0.131. The van der Waals surface area contributed by atoms with Gasteiger partial charge in [0.1, 0.15) is 17.7 Å². The Morgan fingerprint density at radius 3 is 2.78 bits per heavy atom. The molecular formula is C21H22ClFN2O2. The number of anilines is 1. The van der Waals surface area contributed by atoms with Crippen molar-refractivity contribution in [2.45, 2.75) is 38.3 Å². The maximum Gasteiger partial charge on any atom is 0.221 e. The van der Waals surface area contributed by atoms with Crippen LogP contribution in [0, 0.1) is 5.82 Å². The predicted octanol–water partition coefficient (Wildman–Crippen LogP) is 4.58. The molecule has 2 aliphatic rings. The Morgan fingerprint density at radius 1 is 1.26 bits per heavy atom. The number of nitrogens with one attached hydrogen (secondary N) is 1. The third-order valence-electron chi connectivity index (χ3n) is 5.29. The van der Waals surface area contributed by atoms with Gasteiger partial charge < -0.3 is 10.1 Å². The second-order valence-electron chi connectivity index (χ2n) is 7.22. The van der Waals surface area contributed by atoms with Gasteiger partial charge in [-0.25, -0.2) is 4.39 Å². The lowest BCUT2D eigenvalue weighted by atomic mass is 10.1. The average Bonchev–Trinajstić information content (AvgIpc) is 3.23. The van der Waals surface area contributed by atoms with E-state index in [9.17, 15) is 9.18 Å². The summed E-state index contributed by atoms with van der Waals surface area (Å²) in [6.07, 6.45) is 2.79. The van der Waals surface area contributed by atoms with Gasteiger partial charge in [0, 0.05) is 29.3 Å². The summed E-state index contributed by atoms with van der Waals surface area (Å²) in [7, 11) is 0. The first-order valence-corrected chi connectivity index (χ1v) is 9.65. The number of halogens is 2. The van der Waals surface area contributed by atoms with Crippen LogP contribution < -0.4 is 10.1 Å². The van der Waals surface area contributed by atoms with Crippen LogP contribution in [0.1, 0.15) is 37.0 Å². The molecule has 0 saturated carbocycles. The minimum atomic E-state index is -0.346. The summed E-state index contributed by atoms with van der Waals surface area (Å²) in [6.45, 7) is 3.50. The average molecular weight is 389 g/mol. The molecule has 0 radical (unpaired) electrons. The van der Waals surface area contributed by atoms with E-state index in [1.54, 1.807) is 12.1 Å². The molecular weight excluding hydrogens is 367 g/mol. The fraction of sp³-hybridized carbons (Fsp3) is 0.381. The molecule has 1 saturated heterocycles. The van der Waals surface area contributed by atoms with E-state index in [0.29, 0.717) is 16.5 Å². The zero-order valence-corrected chi connectivity index (χ0v) is 15.9. The molecule has 142 valence electrons. The number of carbonyl (C=O) groups is 1. The molecule has 27 heavy (non-hydrogen) atoms. The Labute approximate surface area is 163 Å². The first kappa shape index (κ1) is 18.3. The summed E-state index contributed by atoms with van der Waals surface area (Å²) < 4.78 is 20.4. The van der Waals surface area contributed by atoms with Crippen molar-refractivity contribution in [2.24, 2.45) is 0 Å². The van der Waals surface area contributed by atoms with Gasteiger partial charge in [0.15, 0.2) is 0 Å². The summed E-state index contributed by atoms with van der Waals surface area (Å²) in [4.78, 5) is 13.7. The maximum atomic E-state index is 14.0. The number of likely N-dealkylation sites (tertiary alicyclic amines) is 1. The number of carbonyl (C=O) groups excluding carboxylic acids is 1. The van der Waals surface area contributed by atoms with Crippen molar-refractivity contribution < 1.29 is 13.9 Å². The highest BCUT2D eigenvalue weighted by molar-refractivity contribution is 6.31. The molecule has 0 unspecified atom stereocenters. The topological polar surface area (TPSA) is 41.6 Å². The SMILES string of the molecule is CC(=O)Nc1cccc(O[C@H]2c3cc(F)cc(Cl)c3C[C@@H]2N2CCCC2)c1. The van der Waals surface area contributed by atoms with Gasteiger partial charge >= 0.3 is 0 Å². The number of benzene rings is 2. The van der Waals surface area contributed by atoms with E-state index >= 15 is 0 Å². The Bertz CT molecular complexity index is 867. The monoisotopic (exact) mass is 388 g/mol. The molecule has 0 aromatic heterocycles. The van der Waals surface area contributed by atoms with Gasteiger partial charge in [0.2, 0.25) is 5.91 Å². The molecule has 4 rings (SSSR count). The second kappa shape index (κ2) is 7.49. The maximum absolute atomic E-state index is 14.0. The highest BCUT2D eigenvalue weighted by atomic mass is 35.5. The molecule has 0 bridgehead atoms. The zero-order chi connectivity index (χ0) is 19.0. The first-order valence-electron chi connectivity index (χ1n) is 9.27. The van der Waals surface area contributed by atoms with Crippen LogP contribution in [0.25, 0.3) is 0 Å². The van der Waals surface area contributed by atoms with Gasteiger partial charge in [-0.3, -0.25) is 9.69 Å². The lowest BCUT2D eigenvalue weighted by Gasteiger charge is -2.30. The fourth-order valence-corrected chi connectivity index (χ4v) is 4.44. The molecule has 1 fully saturated rings. The molecule has 1 heterocycles. The van der Waals surface area contributed by atoms with Crippen molar-refractivity contribution in [3.8, 4) is 5.75 Å². The smallest absolute Gasteiger partial charge is 0.221 e. The van der Waals surface area contributed by atoms with Crippen molar-refractivity contribution >= 4 is 23.2 Å². The largest absolute Gasteiger partial charge is 0.484 e. The van der Waals surface area contributed by atoms with E-state index in [1.165, 1.54) is 25.8 Å². The molecule has 1 aliphatic carbocycles. The van der Waals surface area contributed by atoms with Gasteiger partial charge in [0.25, 0.3) is 0 Å². The summed E-state index contributed by atoms with van der Waals surface area (Å²) >= 11 is 6.34. The van der Waals surface area contributed by atoms with E-state index in [1.807, 2.05) is 18.2 Å². The minimum Gasteiger partial charge on any atom is -0.484 e. The van der Waals surface area contributed by atoms with Crippen molar-refractivity contribution in [3.63, 3.8) is 0 Å². The number of hydrogen-bond donors (Lipinski definition) is 1. The van der Waals surface area contributed by atoms with Gasteiger partial charge in [-0.2, -0.15) is 0 Å². The molecule has 1 N–H and O–H groups in total. The Hall–Kier alpha value is -2.11. The molecule has 2 atom stereocenters. The third-order valence-corrected chi connectivity index (χ3v) is 5.63. The van der Waals surface area contributed by atoms with E-state index in [-0.39, 0.29) is 23.9 Å². The second-order valence-corrected chi connectivity index (χ2v) is 7.62. The van der Waals surface area contributed by atoms with E-state index in [4.69, 9.17) is 16.3 Å². The Kier molecular flexibility index (Phi) is 5.06. The molecule has 2 aromatic carbocycles. The molecule has 2 aromatic rings. The highest BCUT2D eigenvalue weighted by Gasteiger charge is 2.40. The van der Waals surface area contributed by atoms with Crippen molar-refractivity contribution in [1.29, 1.82) is 0 Å². The van der Waals surface area contributed by atoms with Crippen LogP contribution in [0.5, 0.6) is 5.75 Å². The van der Waals surface area contributed by atoms with Gasteiger partial charge in [-0.05, 0) is 62.2 Å². The molecule has 0 spiro atoms. The summed E-state index contributed by atoms with van der Waals surface area (Å²) in [5.74, 6) is 0.159. The number of rotatable bonds is 4. The normalized spacial score (nSPS) is 21.9. The summed E-state index contributed by atoms with van der Waals surface area (Å²) in [5.41, 5.74) is 2.47.